The zero-order valence-electron chi connectivity index (χ0n) is 9.20. The molecule has 0 saturated heterocycles. The molecule has 2 rings (SSSR count). The number of hydrogen-bond donors (Lipinski definition) is 1. The average molecular weight is 350 g/mol. The summed E-state index contributed by atoms with van der Waals surface area (Å²) in [6.45, 7) is 0.636. The van der Waals surface area contributed by atoms with Crippen LogP contribution in [-0.2, 0) is 6.54 Å². The molecule has 1 heterocycles. The van der Waals surface area contributed by atoms with E-state index in [0.29, 0.717) is 23.2 Å². The normalized spacial score (nSPS) is 10.9. The van der Waals surface area contributed by atoms with Crippen LogP contribution in [0.15, 0.2) is 45.1 Å². The van der Waals surface area contributed by atoms with Crippen molar-refractivity contribution in [2.45, 2.75) is 17.2 Å². The van der Waals surface area contributed by atoms with Crippen LogP contribution in [0.25, 0.3) is 0 Å². The molecule has 1 N–H and O–H groups in total. The second-order valence-electron chi connectivity index (χ2n) is 3.46. The maximum atomic E-state index is 12.4. The molecule has 1 aromatic carbocycles. The van der Waals surface area contributed by atoms with Crippen molar-refractivity contribution in [3.05, 3.63) is 45.1 Å². The topological polar surface area (TPSA) is 12.0 Å². The Morgan fingerprint density at radius 2 is 2.11 bits per heavy atom. The van der Waals surface area contributed by atoms with Crippen molar-refractivity contribution >= 4 is 44.7 Å². The van der Waals surface area contributed by atoms with Crippen LogP contribution in [0.2, 0.25) is 0 Å². The number of thiophene rings is 1. The van der Waals surface area contributed by atoms with Gasteiger partial charge in [-0.25, -0.2) is 0 Å². The Hall–Kier alpha value is -0.590. The number of halogens is 3. The Balaban J connectivity index is 2.04. The minimum Gasteiger partial charge on any atom is -0.379 e. The van der Waals surface area contributed by atoms with E-state index in [9.17, 15) is 8.78 Å². The van der Waals surface area contributed by atoms with Crippen LogP contribution in [0.3, 0.4) is 0 Å². The first kappa shape index (κ1) is 13.8. The number of thioether (sulfide) groups is 1. The molecule has 0 amide bonds. The number of alkyl halides is 2. The summed E-state index contributed by atoms with van der Waals surface area (Å²) >= 11 is 5.57. The van der Waals surface area contributed by atoms with E-state index in [1.165, 1.54) is 0 Å². The number of para-hydroxylation sites is 1. The van der Waals surface area contributed by atoms with Crippen molar-refractivity contribution in [3.8, 4) is 0 Å². The molecule has 0 spiro atoms. The molecule has 1 aromatic heterocycles. The van der Waals surface area contributed by atoms with E-state index in [2.05, 4.69) is 21.2 Å². The van der Waals surface area contributed by atoms with Gasteiger partial charge in [-0.15, -0.1) is 11.3 Å². The van der Waals surface area contributed by atoms with Crippen LogP contribution in [0, 0.1) is 0 Å². The first-order valence-corrected chi connectivity index (χ1v) is 7.71. The zero-order chi connectivity index (χ0) is 13.0. The lowest BCUT2D eigenvalue weighted by Crippen LogP contribution is -1.99. The smallest absolute Gasteiger partial charge is 0.288 e. The molecule has 18 heavy (non-hydrogen) atoms. The highest BCUT2D eigenvalue weighted by Gasteiger charge is 2.09. The fourth-order valence-corrected chi connectivity index (χ4v) is 3.45. The molecule has 0 bridgehead atoms. The zero-order valence-corrected chi connectivity index (χ0v) is 12.4. The maximum Gasteiger partial charge on any atom is 0.288 e. The molecule has 1 nitrogen and oxygen atoms in total. The van der Waals surface area contributed by atoms with Gasteiger partial charge in [0.25, 0.3) is 5.76 Å². The van der Waals surface area contributed by atoms with Gasteiger partial charge in [0.05, 0.1) is 0 Å². The van der Waals surface area contributed by atoms with Crippen molar-refractivity contribution in [2.75, 3.05) is 5.32 Å². The summed E-state index contributed by atoms with van der Waals surface area (Å²) < 4.78 is 25.8. The summed E-state index contributed by atoms with van der Waals surface area (Å²) in [6.07, 6.45) is 0. The predicted octanol–water partition coefficient (Wildman–Crippen LogP) is 5.44. The van der Waals surface area contributed by atoms with E-state index in [1.54, 1.807) is 23.5 Å². The summed E-state index contributed by atoms with van der Waals surface area (Å²) in [6, 6.07) is 9.12. The molecule has 0 radical (unpaired) electrons. The van der Waals surface area contributed by atoms with E-state index in [1.807, 2.05) is 23.6 Å². The molecule has 0 saturated carbocycles. The largest absolute Gasteiger partial charge is 0.379 e. The molecular weight excluding hydrogens is 340 g/mol. The van der Waals surface area contributed by atoms with E-state index >= 15 is 0 Å². The van der Waals surface area contributed by atoms with Crippen LogP contribution >= 0.6 is 39.0 Å². The van der Waals surface area contributed by atoms with Crippen molar-refractivity contribution in [1.82, 2.24) is 0 Å². The van der Waals surface area contributed by atoms with Gasteiger partial charge in [-0.3, -0.25) is 0 Å². The highest BCUT2D eigenvalue weighted by atomic mass is 79.9. The van der Waals surface area contributed by atoms with Crippen LogP contribution in [-0.4, -0.2) is 5.76 Å². The molecule has 96 valence electrons. The highest BCUT2D eigenvalue weighted by Crippen LogP contribution is 2.32. The Kier molecular flexibility index (Phi) is 5.03. The summed E-state index contributed by atoms with van der Waals surface area (Å²) in [5.74, 6) is -2.40. The maximum absolute atomic E-state index is 12.4. The monoisotopic (exact) mass is 349 g/mol. The third-order valence-electron chi connectivity index (χ3n) is 2.18. The molecule has 0 atom stereocenters. The fourth-order valence-electron chi connectivity index (χ4n) is 1.44. The Labute approximate surface area is 121 Å². The van der Waals surface area contributed by atoms with Gasteiger partial charge in [0.1, 0.15) is 0 Å². The van der Waals surface area contributed by atoms with E-state index < -0.39 is 5.76 Å². The minimum absolute atomic E-state index is 0.564. The van der Waals surface area contributed by atoms with Crippen molar-refractivity contribution in [1.29, 1.82) is 0 Å². The van der Waals surface area contributed by atoms with Crippen LogP contribution in [0.5, 0.6) is 0 Å². The molecule has 0 aliphatic heterocycles. The van der Waals surface area contributed by atoms with E-state index in [0.717, 1.165) is 15.0 Å². The lowest BCUT2D eigenvalue weighted by molar-refractivity contribution is 0.252. The quantitative estimate of drug-likeness (QED) is 0.721. The van der Waals surface area contributed by atoms with Gasteiger partial charge in [-0.05, 0) is 34.1 Å². The lowest BCUT2D eigenvalue weighted by Gasteiger charge is -2.10. The van der Waals surface area contributed by atoms with E-state index in [4.69, 9.17) is 0 Å². The van der Waals surface area contributed by atoms with Gasteiger partial charge >= 0.3 is 0 Å². The lowest BCUT2D eigenvalue weighted by atomic mass is 10.3. The average Bonchev–Trinajstić information content (AvgIpc) is 2.73. The summed E-state index contributed by atoms with van der Waals surface area (Å²) in [4.78, 5) is 1.72. The Morgan fingerprint density at radius 3 is 2.78 bits per heavy atom. The Bertz CT molecular complexity index is 516. The van der Waals surface area contributed by atoms with Crippen molar-refractivity contribution in [3.63, 3.8) is 0 Å². The first-order chi connectivity index (χ1) is 8.65. The van der Waals surface area contributed by atoms with Crippen molar-refractivity contribution < 1.29 is 8.78 Å². The fraction of sp³-hybridized carbons (Fsp3) is 0.167. The SMILES string of the molecule is FC(F)Sc1ccccc1NCc1cc(Br)cs1. The van der Waals surface area contributed by atoms with Crippen LogP contribution in [0.1, 0.15) is 4.88 Å². The molecule has 0 aliphatic rings. The standard InChI is InChI=1S/C12H10BrF2NS2/c13-8-5-9(17-7-8)6-16-10-3-1-2-4-11(10)18-12(14)15/h1-5,7,12,16H,6H2. The number of anilines is 1. The molecule has 0 unspecified atom stereocenters. The minimum atomic E-state index is -2.40. The molecule has 0 fully saturated rings. The number of rotatable bonds is 5. The first-order valence-electron chi connectivity index (χ1n) is 5.16. The van der Waals surface area contributed by atoms with Crippen molar-refractivity contribution in [2.24, 2.45) is 0 Å². The number of hydrogen-bond acceptors (Lipinski definition) is 3. The molecular formula is C12H10BrF2NS2. The predicted molar refractivity (Wildman–Crippen MR) is 77.6 cm³/mol. The van der Waals surface area contributed by atoms with Crippen LogP contribution < -0.4 is 5.32 Å². The van der Waals surface area contributed by atoms with Gasteiger partial charge in [-0.2, -0.15) is 8.78 Å². The Morgan fingerprint density at radius 1 is 1.33 bits per heavy atom. The van der Waals surface area contributed by atoms with Gasteiger partial charge in [0, 0.05) is 31.9 Å². The third kappa shape index (κ3) is 3.96. The molecule has 6 heteroatoms. The van der Waals surface area contributed by atoms with Gasteiger partial charge in [0.2, 0.25) is 0 Å². The van der Waals surface area contributed by atoms with E-state index in [-0.39, 0.29) is 0 Å². The number of benzene rings is 1. The summed E-state index contributed by atoms with van der Waals surface area (Å²) in [5.41, 5.74) is 0.743. The second-order valence-corrected chi connectivity index (χ2v) is 6.40. The third-order valence-corrected chi connectivity index (χ3v) is 4.66. The van der Waals surface area contributed by atoms with Gasteiger partial charge < -0.3 is 5.32 Å². The molecule has 2 aromatic rings. The van der Waals surface area contributed by atoms with Gasteiger partial charge in [0.15, 0.2) is 0 Å². The highest BCUT2D eigenvalue weighted by molar-refractivity contribution is 9.10. The van der Waals surface area contributed by atoms with Crippen LogP contribution in [0.4, 0.5) is 14.5 Å². The molecule has 0 aliphatic carbocycles. The second kappa shape index (κ2) is 6.54. The number of nitrogens with one attached hydrogen (secondary N) is 1. The summed E-state index contributed by atoms with van der Waals surface area (Å²) in [5, 5.41) is 5.18. The van der Waals surface area contributed by atoms with Gasteiger partial charge in [-0.1, -0.05) is 23.9 Å². The summed E-state index contributed by atoms with van der Waals surface area (Å²) in [7, 11) is 0.